The van der Waals surface area contributed by atoms with E-state index >= 15 is 0 Å². The first-order valence-corrected chi connectivity index (χ1v) is 3.73. The minimum absolute atomic E-state index is 0.124. The lowest BCUT2D eigenvalue weighted by atomic mass is 10.1. The average molecular weight is 172 g/mol. The van der Waals surface area contributed by atoms with Crippen LogP contribution in [0.15, 0.2) is 11.3 Å². The molecule has 1 atom stereocenters. The van der Waals surface area contributed by atoms with Gasteiger partial charge in [0, 0.05) is 13.5 Å². The van der Waals surface area contributed by atoms with Crippen LogP contribution >= 0.6 is 0 Å². The molecule has 0 aliphatic carbocycles. The highest BCUT2D eigenvalue weighted by atomic mass is 16.5. The van der Waals surface area contributed by atoms with Crippen molar-refractivity contribution in [1.29, 1.82) is 0 Å². The molecular weight excluding hydrogens is 160 g/mol. The van der Waals surface area contributed by atoms with E-state index < -0.39 is 5.97 Å². The highest BCUT2D eigenvalue weighted by Gasteiger charge is 2.27. The van der Waals surface area contributed by atoms with Gasteiger partial charge in [-0.3, -0.25) is 0 Å². The van der Waals surface area contributed by atoms with Crippen LogP contribution in [0.5, 0.6) is 0 Å². The number of carboxylic acid groups (broad SMARTS) is 1. The zero-order valence-corrected chi connectivity index (χ0v) is 7.16. The van der Waals surface area contributed by atoms with Crippen molar-refractivity contribution in [3.8, 4) is 0 Å². The van der Waals surface area contributed by atoms with E-state index in [1.807, 2.05) is 0 Å². The van der Waals surface area contributed by atoms with E-state index in [4.69, 9.17) is 14.6 Å². The van der Waals surface area contributed by atoms with Crippen LogP contribution in [-0.2, 0) is 14.3 Å². The fraction of sp³-hybridized carbons (Fsp3) is 0.625. The Morgan fingerprint density at radius 3 is 2.92 bits per heavy atom. The zero-order chi connectivity index (χ0) is 9.14. The molecule has 4 nitrogen and oxygen atoms in total. The van der Waals surface area contributed by atoms with E-state index in [-0.39, 0.29) is 6.10 Å². The van der Waals surface area contributed by atoms with Gasteiger partial charge in [-0.1, -0.05) is 0 Å². The predicted molar refractivity (Wildman–Crippen MR) is 41.7 cm³/mol. The van der Waals surface area contributed by atoms with Gasteiger partial charge in [-0.2, -0.15) is 0 Å². The van der Waals surface area contributed by atoms with E-state index in [1.54, 1.807) is 14.0 Å². The van der Waals surface area contributed by atoms with E-state index in [9.17, 15) is 4.79 Å². The molecule has 0 aromatic carbocycles. The van der Waals surface area contributed by atoms with Crippen LogP contribution < -0.4 is 0 Å². The van der Waals surface area contributed by atoms with Crippen LogP contribution in [0.4, 0.5) is 0 Å². The summed E-state index contributed by atoms with van der Waals surface area (Å²) in [6.45, 7) is 2.10. The maximum Gasteiger partial charge on any atom is 0.335 e. The molecule has 0 saturated heterocycles. The first-order valence-electron chi connectivity index (χ1n) is 3.73. The van der Waals surface area contributed by atoms with E-state index in [2.05, 4.69) is 0 Å². The molecule has 0 aromatic rings. The number of hydrogen-bond acceptors (Lipinski definition) is 3. The number of ether oxygens (including phenoxy) is 2. The quantitative estimate of drug-likeness (QED) is 0.683. The molecule has 0 saturated carbocycles. The molecule has 1 N–H and O–H groups in total. The van der Waals surface area contributed by atoms with Crippen molar-refractivity contribution in [2.45, 2.75) is 19.4 Å². The van der Waals surface area contributed by atoms with Gasteiger partial charge in [-0.25, -0.2) is 4.79 Å². The number of rotatable bonds is 3. The van der Waals surface area contributed by atoms with Crippen molar-refractivity contribution < 1.29 is 19.4 Å². The topological polar surface area (TPSA) is 55.8 Å². The van der Waals surface area contributed by atoms with Crippen molar-refractivity contribution in [2.24, 2.45) is 0 Å². The smallest absolute Gasteiger partial charge is 0.335 e. The molecule has 1 aliphatic rings. The molecule has 0 radical (unpaired) electrons. The molecule has 0 fully saturated rings. The molecule has 1 aliphatic heterocycles. The number of carbonyl (C=O) groups is 1. The molecule has 1 heterocycles. The lowest BCUT2D eigenvalue weighted by molar-refractivity contribution is -0.132. The third-order valence-electron chi connectivity index (χ3n) is 1.81. The second-order valence-corrected chi connectivity index (χ2v) is 2.74. The molecule has 4 heteroatoms. The highest BCUT2D eigenvalue weighted by Crippen LogP contribution is 2.24. The second-order valence-electron chi connectivity index (χ2n) is 2.74. The zero-order valence-electron chi connectivity index (χ0n) is 7.16. The van der Waals surface area contributed by atoms with Gasteiger partial charge in [0.2, 0.25) is 0 Å². The lowest BCUT2D eigenvalue weighted by Crippen LogP contribution is -2.14. The molecule has 12 heavy (non-hydrogen) atoms. The summed E-state index contributed by atoms with van der Waals surface area (Å²) in [4.78, 5) is 10.6. The Bertz CT molecular complexity index is 219. The monoisotopic (exact) mass is 172 g/mol. The normalized spacial score (nSPS) is 22.7. The summed E-state index contributed by atoms with van der Waals surface area (Å²) in [5.41, 5.74) is 0.358. The Labute approximate surface area is 70.8 Å². The van der Waals surface area contributed by atoms with E-state index in [1.165, 1.54) is 0 Å². The fourth-order valence-electron chi connectivity index (χ4n) is 1.25. The van der Waals surface area contributed by atoms with E-state index in [0.29, 0.717) is 24.4 Å². The third kappa shape index (κ3) is 1.76. The minimum atomic E-state index is -0.897. The van der Waals surface area contributed by atoms with Gasteiger partial charge in [0.1, 0.15) is 11.9 Å². The van der Waals surface area contributed by atoms with Crippen molar-refractivity contribution >= 4 is 5.97 Å². The Morgan fingerprint density at radius 2 is 2.50 bits per heavy atom. The fourth-order valence-corrected chi connectivity index (χ4v) is 1.25. The van der Waals surface area contributed by atoms with Crippen LogP contribution in [0.2, 0.25) is 0 Å². The summed E-state index contributed by atoms with van der Waals surface area (Å²) < 4.78 is 10.1. The van der Waals surface area contributed by atoms with Gasteiger partial charge in [-0.15, -0.1) is 0 Å². The van der Waals surface area contributed by atoms with Crippen LogP contribution in [0.25, 0.3) is 0 Å². The summed E-state index contributed by atoms with van der Waals surface area (Å²) >= 11 is 0. The van der Waals surface area contributed by atoms with Gasteiger partial charge in [0.15, 0.2) is 0 Å². The van der Waals surface area contributed by atoms with Crippen LogP contribution in [0.1, 0.15) is 13.3 Å². The molecule has 1 unspecified atom stereocenters. The number of carboxylic acids is 1. The van der Waals surface area contributed by atoms with Crippen LogP contribution in [0, 0.1) is 0 Å². The van der Waals surface area contributed by atoms with Gasteiger partial charge < -0.3 is 14.6 Å². The Morgan fingerprint density at radius 1 is 1.83 bits per heavy atom. The summed E-state index contributed by atoms with van der Waals surface area (Å²) in [7, 11) is 1.57. The van der Waals surface area contributed by atoms with Crippen LogP contribution in [0.3, 0.4) is 0 Å². The molecule has 68 valence electrons. The standard InChI is InChI=1S/C8H12O4/c1-5-7(8(9)10)3-6(12-5)4-11-2/h6H,3-4H2,1-2H3,(H,9,10). The summed E-state index contributed by atoms with van der Waals surface area (Å²) in [5.74, 6) is -0.393. The SMILES string of the molecule is COCC1CC(C(=O)O)=C(C)O1. The summed E-state index contributed by atoms with van der Waals surface area (Å²) in [5, 5.41) is 8.69. The lowest BCUT2D eigenvalue weighted by Gasteiger charge is -2.08. The maximum atomic E-state index is 10.6. The van der Waals surface area contributed by atoms with Crippen molar-refractivity contribution in [3.05, 3.63) is 11.3 Å². The predicted octanol–water partition coefficient (Wildman–Crippen LogP) is 0.780. The van der Waals surface area contributed by atoms with Gasteiger partial charge in [0.25, 0.3) is 0 Å². The average Bonchev–Trinajstić information content (AvgIpc) is 2.32. The Hall–Kier alpha value is -1.03. The highest BCUT2D eigenvalue weighted by molar-refractivity contribution is 5.87. The number of methoxy groups -OCH3 is 1. The van der Waals surface area contributed by atoms with E-state index in [0.717, 1.165) is 0 Å². The Balaban J connectivity index is 2.56. The number of aliphatic carboxylic acids is 1. The maximum absolute atomic E-state index is 10.6. The van der Waals surface area contributed by atoms with Gasteiger partial charge >= 0.3 is 5.97 Å². The first kappa shape index (κ1) is 9.06. The minimum Gasteiger partial charge on any atom is -0.492 e. The van der Waals surface area contributed by atoms with Gasteiger partial charge in [0.05, 0.1) is 12.2 Å². The first-order chi connectivity index (χ1) is 5.65. The van der Waals surface area contributed by atoms with Crippen molar-refractivity contribution in [3.63, 3.8) is 0 Å². The largest absolute Gasteiger partial charge is 0.492 e. The molecule has 0 bridgehead atoms. The second kappa shape index (κ2) is 3.58. The van der Waals surface area contributed by atoms with Crippen LogP contribution in [-0.4, -0.2) is 30.9 Å². The Kier molecular flexibility index (Phi) is 2.70. The molecule has 0 spiro atoms. The van der Waals surface area contributed by atoms with Gasteiger partial charge in [-0.05, 0) is 6.92 Å². The molecule has 1 rings (SSSR count). The number of allylic oxidation sites excluding steroid dienone is 1. The summed E-state index contributed by atoms with van der Waals surface area (Å²) in [6, 6.07) is 0. The van der Waals surface area contributed by atoms with Crippen molar-refractivity contribution in [1.82, 2.24) is 0 Å². The van der Waals surface area contributed by atoms with Crippen molar-refractivity contribution in [2.75, 3.05) is 13.7 Å². The molecule has 0 amide bonds. The molecule has 0 aromatic heterocycles. The third-order valence-corrected chi connectivity index (χ3v) is 1.81. The molecular formula is C8H12O4. The summed E-state index contributed by atoms with van der Waals surface area (Å²) in [6.07, 6.45) is 0.316. The number of hydrogen-bond donors (Lipinski definition) is 1.